The van der Waals surface area contributed by atoms with Gasteiger partial charge in [0, 0.05) is 69.0 Å². The Morgan fingerprint density at radius 1 is 1.25 bits per heavy atom. The van der Waals surface area contributed by atoms with E-state index in [-0.39, 0.29) is 31.0 Å². The SMILES string of the molecule is CN1C[C@@H]2C[C@H]1C[C@H]2NC(=O)Oc1ccnc(N2CCC(F)(F)[C@@H](N(C)C(=O)Nc3nccs3)C2)n1. The summed E-state index contributed by atoms with van der Waals surface area (Å²) in [5, 5.41) is 7.46. The van der Waals surface area contributed by atoms with Crippen molar-refractivity contribution in [3.8, 4) is 5.88 Å². The highest BCUT2D eigenvalue weighted by Crippen LogP contribution is 2.37. The van der Waals surface area contributed by atoms with E-state index in [0.717, 1.165) is 24.3 Å². The van der Waals surface area contributed by atoms with Crippen LogP contribution in [-0.4, -0.2) is 94.7 Å². The van der Waals surface area contributed by atoms with Crippen molar-refractivity contribution in [2.45, 2.75) is 43.3 Å². The fourth-order valence-corrected chi connectivity index (χ4v) is 5.77. The monoisotopic (exact) mass is 522 g/mol. The number of rotatable bonds is 5. The number of carbonyl (C=O) groups excluding carboxylic acids is 2. The Kier molecular flexibility index (Phi) is 6.64. The molecule has 2 N–H and O–H groups in total. The van der Waals surface area contributed by atoms with Crippen molar-refractivity contribution < 1.29 is 23.1 Å². The number of fused-ring (bicyclic) bond motifs is 2. The maximum atomic E-state index is 14.8. The zero-order valence-electron chi connectivity index (χ0n) is 19.9. The van der Waals surface area contributed by atoms with Crippen molar-refractivity contribution in [1.29, 1.82) is 0 Å². The number of ether oxygens (including phenoxy) is 1. The lowest BCUT2D eigenvalue weighted by Crippen LogP contribution is -2.60. The summed E-state index contributed by atoms with van der Waals surface area (Å²) in [7, 11) is 3.41. The molecule has 2 bridgehead atoms. The van der Waals surface area contributed by atoms with Gasteiger partial charge in [0.15, 0.2) is 5.13 Å². The van der Waals surface area contributed by atoms with Crippen molar-refractivity contribution in [2.75, 3.05) is 43.9 Å². The van der Waals surface area contributed by atoms with E-state index in [9.17, 15) is 18.4 Å². The fraction of sp³-hybridized carbons (Fsp3) is 0.591. The quantitative estimate of drug-likeness (QED) is 0.616. The molecule has 2 saturated heterocycles. The fourth-order valence-electron chi connectivity index (χ4n) is 5.25. The van der Waals surface area contributed by atoms with Crippen molar-refractivity contribution in [3.05, 3.63) is 23.8 Å². The van der Waals surface area contributed by atoms with Crippen LogP contribution in [0.25, 0.3) is 0 Å². The lowest BCUT2D eigenvalue weighted by Gasteiger charge is -2.42. The number of hydrogen-bond acceptors (Lipinski definition) is 9. The maximum absolute atomic E-state index is 14.8. The lowest BCUT2D eigenvalue weighted by atomic mass is 10.00. The van der Waals surface area contributed by atoms with Gasteiger partial charge in [0.1, 0.15) is 6.04 Å². The number of hydrogen-bond donors (Lipinski definition) is 2. The standard InChI is InChI=1S/C22H28F2N8O3S/c1-30-11-13-9-14(30)10-15(13)27-21(34)35-17-3-5-25-18(28-17)32-7-4-22(23,24)16(12-32)31(2)20(33)29-19-26-6-8-36-19/h3,5-6,8,13-16H,4,7,9-12H2,1-2H3,(H,27,34)(H,26,29,33)/t13-,14-,15+,16-/m0/s1. The highest BCUT2D eigenvalue weighted by Gasteiger charge is 2.48. The highest BCUT2D eigenvalue weighted by atomic mass is 32.1. The number of carbonyl (C=O) groups is 2. The molecule has 0 radical (unpaired) electrons. The molecule has 1 aliphatic carbocycles. The van der Waals surface area contributed by atoms with Crippen LogP contribution >= 0.6 is 11.3 Å². The predicted octanol–water partition coefficient (Wildman–Crippen LogP) is 2.49. The van der Waals surface area contributed by atoms with E-state index in [0.29, 0.717) is 17.1 Å². The molecular weight excluding hydrogens is 494 g/mol. The Hall–Kier alpha value is -3.13. The molecule has 0 aromatic carbocycles. The Morgan fingerprint density at radius 3 is 2.78 bits per heavy atom. The van der Waals surface area contributed by atoms with Crippen LogP contribution in [-0.2, 0) is 0 Å². The van der Waals surface area contributed by atoms with Gasteiger partial charge in [-0.2, -0.15) is 4.98 Å². The van der Waals surface area contributed by atoms with Crippen molar-refractivity contribution in [1.82, 2.24) is 30.1 Å². The first-order chi connectivity index (χ1) is 17.2. The molecule has 4 atom stereocenters. The number of aromatic nitrogens is 3. The Bertz CT molecular complexity index is 1100. The summed E-state index contributed by atoms with van der Waals surface area (Å²) in [5.74, 6) is -2.52. The smallest absolute Gasteiger partial charge is 0.391 e. The van der Waals surface area contributed by atoms with E-state index in [2.05, 4.69) is 37.5 Å². The molecule has 2 aliphatic heterocycles. The third-order valence-corrected chi connectivity index (χ3v) is 7.93. The molecule has 0 unspecified atom stereocenters. The summed E-state index contributed by atoms with van der Waals surface area (Å²) in [6.45, 7) is 0.743. The van der Waals surface area contributed by atoms with Crippen LogP contribution in [0.3, 0.4) is 0 Å². The number of piperidine rings is 2. The van der Waals surface area contributed by atoms with E-state index in [1.54, 1.807) is 10.3 Å². The van der Waals surface area contributed by atoms with Gasteiger partial charge in [-0.1, -0.05) is 0 Å². The average Bonchev–Trinajstić information content (AvgIpc) is 3.56. The van der Waals surface area contributed by atoms with Gasteiger partial charge in [0.2, 0.25) is 11.8 Å². The Balaban J connectivity index is 1.21. The van der Waals surface area contributed by atoms with E-state index < -0.39 is 30.5 Å². The first kappa shape index (κ1) is 24.6. The molecule has 14 heteroatoms. The Morgan fingerprint density at radius 2 is 2.08 bits per heavy atom. The second-order valence-electron chi connectivity index (χ2n) is 9.51. The molecule has 4 heterocycles. The number of likely N-dealkylation sites (tertiary alicyclic amines) is 1. The molecule has 0 spiro atoms. The van der Waals surface area contributed by atoms with Crippen molar-refractivity contribution in [2.24, 2.45) is 5.92 Å². The number of alkyl halides is 2. The Labute approximate surface area is 210 Å². The van der Waals surface area contributed by atoms with Gasteiger partial charge in [0.05, 0.1) is 0 Å². The molecule has 1 saturated carbocycles. The normalized spacial score (nSPS) is 27.1. The number of anilines is 2. The van der Waals surface area contributed by atoms with Gasteiger partial charge in [-0.15, -0.1) is 11.3 Å². The zero-order valence-corrected chi connectivity index (χ0v) is 20.8. The summed E-state index contributed by atoms with van der Waals surface area (Å²) in [6, 6.07) is -0.105. The third-order valence-electron chi connectivity index (χ3n) is 7.25. The number of nitrogens with zero attached hydrogens (tertiary/aromatic N) is 6. The number of thiazole rings is 1. The largest absolute Gasteiger partial charge is 0.414 e. The summed E-state index contributed by atoms with van der Waals surface area (Å²) in [6.07, 6.45) is 3.80. The summed E-state index contributed by atoms with van der Waals surface area (Å²) in [4.78, 5) is 42.3. The van der Waals surface area contributed by atoms with Crippen LogP contribution < -0.4 is 20.3 Å². The summed E-state index contributed by atoms with van der Waals surface area (Å²) < 4.78 is 35.0. The van der Waals surface area contributed by atoms with E-state index in [1.165, 1.54) is 36.8 Å². The van der Waals surface area contributed by atoms with Crippen molar-refractivity contribution in [3.63, 3.8) is 0 Å². The number of amides is 3. The van der Waals surface area contributed by atoms with Crippen LogP contribution in [0.15, 0.2) is 23.8 Å². The summed E-state index contributed by atoms with van der Waals surface area (Å²) in [5.41, 5.74) is 0. The molecular formula is C22H28F2N8O3S. The molecule has 3 amide bonds. The minimum Gasteiger partial charge on any atom is -0.391 e. The van der Waals surface area contributed by atoms with Crippen LogP contribution in [0.5, 0.6) is 5.88 Å². The second kappa shape index (κ2) is 9.73. The number of urea groups is 1. The van der Waals surface area contributed by atoms with Gasteiger partial charge in [-0.05, 0) is 25.8 Å². The predicted molar refractivity (Wildman–Crippen MR) is 129 cm³/mol. The second-order valence-corrected chi connectivity index (χ2v) is 10.4. The maximum Gasteiger partial charge on any atom is 0.414 e. The van der Waals surface area contributed by atoms with Crippen molar-refractivity contribution >= 4 is 34.5 Å². The number of nitrogens with one attached hydrogen (secondary N) is 2. The molecule has 36 heavy (non-hydrogen) atoms. The molecule has 194 valence electrons. The summed E-state index contributed by atoms with van der Waals surface area (Å²) >= 11 is 1.20. The first-order valence-electron chi connectivity index (χ1n) is 11.8. The van der Waals surface area contributed by atoms with Crippen LogP contribution in [0.4, 0.5) is 29.4 Å². The zero-order chi connectivity index (χ0) is 25.4. The van der Waals surface area contributed by atoms with Crippen LogP contribution in [0.1, 0.15) is 19.3 Å². The highest BCUT2D eigenvalue weighted by molar-refractivity contribution is 7.13. The molecule has 2 aromatic rings. The molecule has 5 rings (SSSR count). The lowest BCUT2D eigenvalue weighted by molar-refractivity contribution is -0.0760. The third kappa shape index (κ3) is 5.05. The average molecular weight is 523 g/mol. The van der Waals surface area contributed by atoms with Gasteiger partial charge in [-0.25, -0.2) is 28.3 Å². The van der Waals surface area contributed by atoms with Crippen LogP contribution in [0.2, 0.25) is 0 Å². The first-order valence-corrected chi connectivity index (χ1v) is 12.7. The molecule has 3 aliphatic rings. The van der Waals surface area contributed by atoms with E-state index in [1.807, 2.05) is 0 Å². The van der Waals surface area contributed by atoms with Gasteiger partial charge >= 0.3 is 12.1 Å². The van der Waals surface area contributed by atoms with Gasteiger partial charge in [-0.3, -0.25) is 5.32 Å². The number of halogens is 2. The number of likely N-dealkylation sites (N-methyl/N-ethyl adjacent to an activating group) is 1. The van der Waals surface area contributed by atoms with E-state index in [4.69, 9.17) is 4.74 Å². The minimum atomic E-state index is -3.10. The topological polar surface area (TPSA) is 116 Å². The van der Waals surface area contributed by atoms with Gasteiger partial charge < -0.3 is 24.8 Å². The molecule has 11 nitrogen and oxygen atoms in total. The molecule has 2 aromatic heterocycles. The van der Waals surface area contributed by atoms with Crippen LogP contribution in [0, 0.1) is 5.92 Å². The van der Waals surface area contributed by atoms with Gasteiger partial charge in [0.25, 0.3) is 5.92 Å². The molecule has 3 fully saturated rings. The van der Waals surface area contributed by atoms with E-state index >= 15 is 0 Å². The minimum absolute atomic E-state index is 0.0141.